The van der Waals surface area contributed by atoms with Crippen LogP contribution >= 0.6 is 0 Å². The van der Waals surface area contributed by atoms with Crippen molar-refractivity contribution in [2.75, 3.05) is 31.1 Å². The van der Waals surface area contributed by atoms with Crippen LogP contribution in [0.1, 0.15) is 64.0 Å². The van der Waals surface area contributed by atoms with Crippen LogP contribution in [0.25, 0.3) is 6.08 Å². The van der Waals surface area contributed by atoms with Crippen molar-refractivity contribution in [3.63, 3.8) is 0 Å². The smallest absolute Gasteiger partial charge is 0.305 e. The molecule has 0 unspecified atom stereocenters. The third-order valence-corrected chi connectivity index (χ3v) is 6.92. The second-order valence-corrected chi connectivity index (χ2v) is 9.56. The highest BCUT2D eigenvalue weighted by atomic mass is 16.5. The summed E-state index contributed by atoms with van der Waals surface area (Å²) in [6, 6.07) is 17.6. The molecule has 33 heavy (non-hydrogen) atoms. The fraction of sp³-hybridized carbons (Fsp3) is 0.448. The molecule has 2 heterocycles. The molecule has 4 heteroatoms. The molecule has 0 radical (unpaired) electrons. The molecule has 0 aliphatic carbocycles. The van der Waals surface area contributed by atoms with Gasteiger partial charge in [-0.2, -0.15) is 4.58 Å². The fourth-order valence-electron chi connectivity index (χ4n) is 5.10. The molecule has 1 saturated heterocycles. The summed E-state index contributed by atoms with van der Waals surface area (Å²) in [6.45, 7) is 10.2. The summed E-state index contributed by atoms with van der Waals surface area (Å²) in [5.74, 6) is -0.0962. The van der Waals surface area contributed by atoms with Crippen molar-refractivity contribution in [1.29, 1.82) is 0 Å². The largest absolute Gasteiger partial charge is 0.466 e. The van der Waals surface area contributed by atoms with Crippen LogP contribution in [0, 0.1) is 0 Å². The highest BCUT2D eigenvalue weighted by molar-refractivity contribution is 6.05. The number of carbonyl (C=O) groups excluding carboxylic acids is 1. The number of hydrogen-bond donors (Lipinski definition) is 0. The van der Waals surface area contributed by atoms with E-state index in [4.69, 9.17) is 4.74 Å². The zero-order valence-electron chi connectivity index (χ0n) is 20.3. The Morgan fingerprint density at radius 2 is 1.76 bits per heavy atom. The van der Waals surface area contributed by atoms with Crippen LogP contribution in [-0.4, -0.2) is 42.5 Å². The molecular weight excluding hydrogens is 408 g/mol. The number of fused-ring (bicyclic) bond motifs is 1. The Morgan fingerprint density at radius 1 is 1.03 bits per heavy atom. The van der Waals surface area contributed by atoms with Gasteiger partial charge in [0.2, 0.25) is 5.69 Å². The lowest BCUT2D eigenvalue weighted by atomic mass is 9.81. The lowest BCUT2D eigenvalue weighted by Gasteiger charge is -2.17. The van der Waals surface area contributed by atoms with Gasteiger partial charge in [-0.25, -0.2) is 0 Å². The summed E-state index contributed by atoms with van der Waals surface area (Å²) in [4.78, 5) is 14.2. The van der Waals surface area contributed by atoms with E-state index in [1.54, 1.807) is 0 Å². The second kappa shape index (κ2) is 10.4. The first-order valence-electron chi connectivity index (χ1n) is 12.4. The number of ether oxygens (including phenoxy) is 1. The topological polar surface area (TPSA) is 32.6 Å². The summed E-state index contributed by atoms with van der Waals surface area (Å²) in [6.07, 6.45) is 9.40. The Balaban J connectivity index is 1.53. The van der Waals surface area contributed by atoms with E-state index in [2.05, 4.69) is 84.0 Å². The summed E-state index contributed by atoms with van der Waals surface area (Å²) in [5, 5.41) is 0. The van der Waals surface area contributed by atoms with E-state index in [0.717, 1.165) is 19.4 Å². The highest BCUT2D eigenvalue weighted by Gasteiger charge is 2.43. The van der Waals surface area contributed by atoms with Crippen molar-refractivity contribution in [2.45, 2.75) is 58.3 Å². The van der Waals surface area contributed by atoms with Crippen molar-refractivity contribution in [2.24, 2.45) is 0 Å². The maximum Gasteiger partial charge on any atom is 0.305 e. The summed E-state index contributed by atoms with van der Waals surface area (Å²) < 4.78 is 7.52. The van der Waals surface area contributed by atoms with E-state index >= 15 is 0 Å². The predicted octanol–water partition coefficient (Wildman–Crippen LogP) is 6.11. The van der Waals surface area contributed by atoms with Crippen molar-refractivity contribution >= 4 is 29.1 Å². The lowest BCUT2D eigenvalue weighted by Crippen LogP contribution is -2.27. The average Bonchev–Trinajstić information content (AvgIpc) is 3.42. The van der Waals surface area contributed by atoms with E-state index in [-0.39, 0.29) is 11.4 Å². The number of esters is 1. The third-order valence-electron chi connectivity index (χ3n) is 6.92. The van der Waals surface area contributed by atoms with Gasteiger partial charge >= 0.3 is 5.97 Å². The molecule has 2 aromatic rings. The SMILES string of the molecule is CCOC(=O)CCCC[N+]1=C(/C=C/c2ccc(N3CCCC3)cc2)C(C)(C)c2ccccc21. The number of hydrogen-bond acceptors (Lipinski definition) is 3. The highest BCUT2D eigenvalue weighted by Crippen LogP contribution is 2.40. The number of benzene rings is 2. The number of rotatable bonds is 9. The molecule has 0 N–H and O–H groups in total. The van der Waals surface area contributed by atoms with Crippen LogP contribution in [0.4, 0.5) is 11.4 Å². The first kappa shape index (κ1) is 23.3. The minimum atomic E-state index is -0.0962. The van der Waals surface area contributed by atoms with E-state index in [9.17, 15) is 4.79 Å². The van der Waals surface area contributed by atoms with Gasteiger partial charge in [0, 0.05) is 49.3 Å². The van der Waals surface area contributed by atoms with Crippen molar-refractivity contribution < 1.29 is 14.1 Å². The first-order chi connectivity index (χ1) is 16.0. The van der Waals surface area contributed by atoms with Gasteiger partial charge in [-0.1, -0.05) is 30.3 Å². The Labute approximate surface area is 198 Å². The van der Waals surface area contributed by atoms with E-state index in [0.29, 0.717) is 13.0 Å². The lowest BCUT2D eigenvalue weighted by molar-refractivity contribution is -0.438. The standard InChI is InChI=1S/C29H37N2O2/c1-4-33-28(32)13-7-8-22-31-26-12-6-5-11-25(26)29(2,3)27(31)19-16-23-14-17-24(18-15-23)30-20-9-10-21-30/h5-6,11-12,14-19H,4,7-10,13,20-22H2,1-3H3/q+1. The number of anilines is 1. The molecule has 4 rings (SSSR count). The first-order valence-corrected chi connectivity index (χ1v) is 12.4. The van der Waals surface area contributed by atoms with Crippen LogP contribution in [-0.2, 0) is 14.9 Å². The molecule has 2 aliphatic heterocycles. The molecule has 2 aliphatic rings. The molecule has 0 atom stereocenters. The van der Waals surface area contributed by atoms with Crippen LogP contribution < -0.4 is 4.90 Å². The van der Waals surface area contributed by atoms with Crippen molar-refractivity contribution in [1.82, 2.24) is 0 Å². The Morgan fingerprint density at radius 3 is 2.48 bits per heavy atom. The van der Waals surface area contributed by atoms with Gasteiger partial charge in [0.05, 0.1) is 12.0 Å². The maximum atomic E-state index is 11.7. The molecule has 0 bridgehead atoms. The zero-order valence-corrected chi connectivity index (χ0v) is 20.3. The van der Waals surface area contributed by atoms with Crippen LogP contribution in [0.5, 0.6) is 0 Å². The fourth-order valence-corrected chi connectivity index (χ4v) is 5.10. The normalized spacial score (nSPS) is 17.1. The van der Waals surface area contributed by atoms with Gasteiger partial charge in [0.1, 0.15) is 6.54 Å². The molecule has 2 aromatic carbocycles. The van der Waals surface area contributed by atoms with Gasteiger partial charge in [-0.05, 0) is 63.8 Å². The van der Waals surface area contributed by atoms with E-state index < -0.39 is 0 Å². The zero-order chi connectivity index (χ0) is 23.3. The van der Waals surface area contributed by atoms with Gasteiger partial charge in [-0.15, -0.1) is 0 Å². The average molecular weight is 446 g/mol. The summed E-state index contributed by atoms with van der Waals surface area (Å²) >= 11 is 0. The van der Waals surface area contributed by atoms with Gasteiger partial charge in [0.15, 0.2) is 5.71 Å². The molecular formula is C29H37N2O2+. The Kier molecular flexibility index (Phi) is 7.32. The van der Waals surface area contributed by atoms with Gasteiger partial charge in [0.25, 0.3) is 0 Å². The molecule has 174 valence electrons. The number of para-hydroxylation sites is 1. The molecule has 1 fully saturated rings. The van der Waals surface area contributed by atoms with Crippen LogP contribution in [0.2, 0.25) is 0 Å². The second-order valence-electron chi connectivity index (χ2n) is 9.56. The van der Waals surface area contributed by atoms with Crippen LogP contribution in [0.3, 0.4) is 0 Å². The predicted molar refractivity (Wildman–Crippen MR) is 137 cm³/mol. The molecule has 0 saturated carbocycles. The third kappa shape index (κ3) is 5.21. The molecule has 0 amide bonds. The van der Waals surface area contributed by atoms with Crippen molar-refractivity contribution in [3.05, 3.63) is 65.7 Å². The van der Waals surface area contributed by atoms with E-state index in [1.165, 1.54) is 54.1 Å². The number of unbranched alkanes of at least 4 members (excludes halogenated alkanes) is 1. The number of carbonyl (C=O) groups is 1. The van der Waals surface area contributed by atoms with Crippen LogP contribution in [0.15, 0.2) is 54.6 Å². The van der Waals surface area contributed by atoms with Gasteiger partial charge < -0.3 is 9.64 Å². The Bertz CT molecular complexity index is 1030. The molecule has 0 spiro atoms. The summed E-state index contributed by atoms with van der Waals surface area (Å²) in [5.41, 5.74) is 6.43. The molecule has 4 nitrogen and oxygen atoms in total. The monoisotopic (exact) mass is 445 g/mol. The maximum absolute atomic E-state index is 11.7. The minimum Gasteiger partial charge on any atom is -0.466 e. The Hall–Kier alpha value is -2.88. The van der Waals surface area contributed by atoms with E-state index in [1.807, 2.05) is 6.92 Å². The van der Waals surface area contributed by atoms with Crippen molar-refractivity contribution in [3.8, 4) is 0 Å². The number of nitrogens with zero attached hydrogens (tertiary/aromatic N) is 2. The number of allylic oxidation sites excluding steroid dienone is 1. The summed E-state index contributed by atoms with van der Waals surface area (Å²) in [7, 11) is 0. The molecule has 0 aromatic heterocycles. The quantitative estimate of drug-likeness (QED) is 0.265. The minimum absolute atomic E-state index is 0.0657. The van der Waals surface area contributed by atoms with Gasteiger partial charge in [-0.3, -0.25) is 4.79 Å².